The molecular formula is C20H16F3N3. The SMILES string of the molecule is Cc1ccccc1-c1cc2cc(-c3cc(C(F)(F)F)nn3C)ccc2[nH]1. The number of rotatable bonds is 2. The van der Waals surface area contributed by atoms with Gasteiger partial charge in [-0.15, -0.1) is 0 Å². The molecule has 2 heterocycles. The van der Waals surface area contributed by atoms with Crippen molar-refractivity contribution < 1.29 is 13.2 Å². The van der Waals surface area contributed by atoms with E-state index in [-0.39, 0.29) is 0 Å². The molecule has 4 rings (SSSR count). The van der Waals surface area contributed by atoms with E-state index in [2.05, 4.69) is 10.1 Å². The summed E-state index contributed by atoms with van der Waals surface area (Å²) in [7, 11) is 1.52. The first-order chi connectivity index (χ1) is 12.3. The fourth-order valence-electron chi connectivity index (χ4n) is 3.19. The fraction of sp³-hybridized carbons (Fsp3) is 0.150. The summed E-state index contributed by atoms with van der Waals surface area (Å²) in [6.45, 7) is 2.04. The average Bonchev–Trinajstić information content (AvgIpc) is 3.17. The zero-order valence-corrected chi connectivity index (χ0v) is 14.2. The van der Waals surface area contributed by atoms with Crippen LogP contribution in [0.1, 0.15) is 11.3 Å². The summed E-state index contributed by atoms with van der Waals surface area (Å²) in [5.41, 5.74) is 4.41. The molecule has 0 fully saturated rings. The maximum Gasteiger partial charge on any atom is 0.435 e. The number of halogens is 3. The fourth-order valence-corrected chi connectivity index (χ4v) is 3.19. The van der Waals surface area contributed by atoms with Gasteiger partial charge in [-0.05, 0) is 36.8 Å². The summed E-state index contributed by atoms with van der Waals surface area (Å²) in [5.74, 6) is 0. The first kappa shape index (κ1) is 16.4. The summed E-state index contributed by atoms with van der Waals surface area (Å²) < 4.78 is 40.0. The summed E-state index contributed by atoms with van der Waals surface area (Å²) >= 11 is 0. The summed E-state index contributed by atoms with van der Waals surface area (Å²) in [6, 6.07) is 16.7. The van der Waals surface area contributed by atoms with Crippen molar-refractivity contribution in [3.8, 4) is 22.5 Å². The van der Waals surface area contributed by atoms with Gasteiger partial charge in [0.15, 0.2) is 5.69 Å². The number of nitrogens with zero attached hydrogens (tertiary/aromatic N) is 2. The van der Waals surface area contributed by atoms with Crippen LogP contribution in [-0.4, -0.2) is 14.8 Å². The first-order valence-electron chi connectivity index (χ1n) is 8.13. The van der Waals surface area contributed by atoms with E-state index in [4.69, 9.17) is 0 Å². The Bertz CT molecular complexity index is 1100. The zero-order chi connectivity index (χ0) is 18.5. The minimum Gasteiger partial charge on any atom is -0.355 e. The van der Waals surface area contributed by atoms with Crippen molar-refractivity contribution in [2.45, 2.75) is 13.1 Å². The number of H-pyrrole nitrogens is 1. The van der Waals surface area contributed by atoms with E-state index in [1.165, 1.54) is 11.7 Å². The van der Waals surface area contributed by atoms with Gasteiger partial charge in [0.25, 0.3) is 0 Å². The van der Waals surface area contributed by atoms with Crippen LogP contribution >= 0.6 is 0 Å². The highest BCUT2D eigenvalue weighted by molar-refractivity contribution is 5.89. The smallest absolute Gasteiger partial charge is 0.355 e. The number of aryl methyl sites for hydroxylation is 2. The largest absolute Gasteiger partial charge is 0.435 e. The second kappa shape index (κ2) is 5.76. The van der Waals surface area contributed by atoms with Crippen LogP contribution in [0.5, 0.6) is 0 Å². The van der Waals surface area contributed by atoms with Crippen LogP contribution in [0.2, 0.25) is 0 Å². The lowest BCUT2D eigenvalue weighted by Crippen LogP contribution is -2.06. The van der Waals surface area contributed by atoms with Crippen LogP contribution < -0.4 is 0 Å². The minimum atomic E-state index is -4.45. The van der Waals surface area contributed by atoms with E-state index in [9.17, 15) is 13.2 Å². The van der Waals surface area contributed by atoms with Gasteiger partial charge in [0.05, 0.1) is 5.69 Å². The number of aromatic amines is 1. The Morgan fingerprint density at radius 2 is 1.77 bits per heavy atom. The molecule has 6 heteroatoms. The molecule has 0 amide bonds. The Kier molecular flexibility index (Phi) is 3.64. The van der Waals surface area contributed by atoms with Gasteiger partial charge in [-0.1, -0.05) is 30.3 Å². The maximum atomic E-state index is 12.9. The lowest BCUT2D eigenvalue weighted by molar-refractivity contribution is -0.141. The Morgan fingerprint density at radius 3 is 2.46 bits per heavy atom. The van der Waals surface area contributed by atoms with Crippen LogP contribution in [0.4, 0.5) is 13.2 Å². The molecule has 2 aromatic carbocycles. The number of hydrogen-bond donors (Lipinski definition) is 1. The Morgan fingerprint density at radius 1 is 1.00 bits per heavy atom. The molecule has 132 valence electrons. The molecule has 0 aliphatic heterocycles. The number of fused-ring (bicyclic) bond motifs is 1. The standard InChI is InChI=1S/C20H16F3N3/c1-12-5-3-4-6-15(12)17-10-14-9-13(7-8-16(14)24-17)18-11-19(20(21,22)23)25-26(18)2/h3-11,24H,1-2H3. The molecule has 3 nitrogen and oxygen atoms in total. The number of benzene rings is 2. The lowest BCUT2D eigenvalue weighted by atomic mass is 10.1. The lowest BCUT2D eigenvalue weighted by Gasteiger charge is -2.01. The average molecular weight is 355 g/mol. The molecule has 0 saturated heterocycles. The van der Waals surface area contributed by atoms with Crippen molar-refractivity contribution in [1.82, 2.24) is 14.8 Å². The number of alkyl halides is 3. The summed E-state index contributed by atoms with van der Waals surface area (Å²) in [5, 5.41) is 4.53. The third-order valence-corrected chi connectivity index (χ3v) is 4.52. The van der Waals surface area contributed by atoms with Crippen LogP contribution in [-0.2, 0) is 13.2 Å². The number of aromatic nitrogens is 3. The molecule has 0 bridgehead atoms. The molecule has 0 unspecified atom stereocenters. The van der Waals surface area contributed by atoms with Gasteiger partial charge in [0.2, 0.25) is 0 Å². The van der Waals surface area contributed by atoms with Crippen LogP contribution in [0.3, 0.4) is 0 Å². The van der Waals surface area contributed by atoms with Gasteiger partial charge in [-0.3, -0.25) is 4.68 Å². The second-order valence-corrected chi connectivity index (χ2v) is 6.34. The van der Waals surface area contributed by atoms with E-state index in [0.29, 0.717) is 11.3 Å². The van der Waals surface area contributed by atoms with Crippen LogP contribution in [0.25, 0.3) is 33.4 Å². The topological polar surface area (TPSA) is 33.6 Å². The molecule has 26 heavy (non-hydrogen) atoms. The predicted octanol–water partition coefficient (Wildman–Crippen LogP) is 5.56. The van der Waals surface area contributed by atoms with Gasteiger partial charge >= 0.3 is 6.18 Å². The molecule has 0 aliphatic rings. The van der Waals surface area contributed by atoms with Gasteiger partial charge in [0.1, 0.15) is 0 Å². The van der Waals surface area contributed by atoms with Crippen molar-refractivity contribution in [1.29, 1.82) is 0 Å². The summed E-state index contributed by atoms with van der Waals surface area (Å²) in [4.78, 5) is 3.37. The Hall–Kier alpha value is -3.02. The molecule has 4 aromatic rings. The number of nitrogens with one attached hydrogen (secondary N) is 1. The van der Waals surface area contributed by atoms with Crippen molar-refractivity contribution in [2.75, 3.05) is 0 Å². The van der Waals surface area contributed by atoms with Crippen LogP contribution in [0, 0.1) is 6.92 Å². The van der Waals surface area contributed by atoms with Crippen molar-refractivity contribution >= 4 is 10.9 Å². The number of hydrogen-bond acceptors (Lipinski definition) is 1. The van der Waals surface area contributed by atoms with E-state index < -0.39 is 11.9 Å². The van der Waals surface area contributed by atoms with Crippen molar-refractivity contribution in [3.63, 3.8) is 0 Å². The van der Waals surface area contributed by atoms with Gasteiger partial charge in [-0.25, -0.2) is 0 Å². The van der Waals surface area contributed by atoms with E-state index in [1.54, 1.807) is 6.07 Å². The maximum absolute atomic E-state index is 12.9. The Labute approximate surface area is 148 Å². The molecule has 0 aliphatic carbocycles. The van der Waals surface area contributed by atoms with Gasteiger partial charge in [0, 0.05) is 34.8 Å². The zero-order valence-electron chi connectivity index (χ0n) is 14.2. The quantitative estimate of drug-likeness (QED) is 0.502. The van der Waals surface area contributed by atoms with Gasteiger partial charge in [-0.2, -0.15) is 18.3 Å². The third-order valence-electron chi connectivity index (χ3n) is 4.52. The highest BCUT2D eigenvalue weighted by atomic mass is 19.4. The van der Waals surface area contributed by atoms with E-state index in [1.807, 2.05) is 49.4 Å². The monoisotopic (exact) mass is 355 g/mol. The first-order valence-corrected chi connectivity index (χ1v) is 8.13. The molecule has 0 radical (unpaired) electrons. The van der Waals surface area contributed by atoms with E-state index >= 15 is 0 Å². The molecule has 0 saturated carbocycles. The second-order valence-electron chi connectivity index (χ2n) is 6.34. The summed E-state index contributed by atoms with van der Waals surface area (Å²) in [6.07, 6.45) is -4.45. The van der Waals surface area contributed by atoms with Crippen LogP contribution in [0.15, 0.2) is 54.6 Å². The Balaban J connectivity index is 1.80. The van der Waals surface area contributed by atoms with Crippen molar-refractivity contribution in [2.24, 2.45) is 7.05 Å². The van der Waals surface area contributed by atoms with E-state index in [0.717, 1.165) is 33.8 Å². The highest BCUT2D eigenvalue weighted by Gasteiger charge is 2.34. The molecule has 0 spiro atoms. The van der Waals surface area contributed by atoms with Gasteiger partial charge < -0.3 is 4.98 Å². The molecular weight excluding hydrogens is 339 g/mol. The molecule has 0 atom stereocenters. The normalized spacial score (nSPS) is 12.0. The minimum absolute atomic E-state index is 0.429. The highest BCUT2D eigenvalue weighted by Crippen LogP contribution is 2.33. The third kappa shape index (κ3) is 2.77. The predicted molar refractivity (Wildman–Crippen MR) is 95.7 cm³/mol. The molecule has 2 aromatic heterocycles. The van der Waals surface area contributed by atoms with Crippen molar-refractivity contribution in [3.05, 3.63) is 65.9 Å². The molecule has 1 N–H and O–H groups in total.